The molecule has 1 unspecified atom stereocenters. The second kappa shape index (κ2) is 12.8. The lowest BCUT2D eigenvalue weighted by molar-refractivity contribution is -0.137. The molecule has 4 nitrogen and oxygen atoms in total. The van der Waals surface area contributed by atoms with Crippen molar-refractivity contribution in [1.82, 2.24) is 0 Å². The lowest BCUT2D eigenvalue weighted by Gasteiger charge is -2.20. The van der Waals surface area contributed by atoms with Crippen LogP contribution in [0.1, 0.15) is 53.4 Å². The number of allylic oxidation sites excluding steroid dienone is 3. The van der Waals surface area contributed by atoms with Crippen molar-refractivity contribution in [2.24, 2.45) is 0 Å². The summed E-state index contributed by atoms with van der Waals surface area (Å²) >= 11 is 0. The average molecular weight is 387 g/mol. The molecule has 4 heteroatoms. The van der Waals surface area contributed by atoms with Gasteiger partial charge in [0.25, 0.3) is 0 Å². The Labute approximate surface area is 169 Å². The molecule has 1 aromatic rings. The van der Waals surface area contributed by atoms with Gasteiger partial charge in [0.1, 0.15) is 17.6 Å². The van der Waals surface area contributed by atoms with Crippen molar-refractivity contribution in [2.45, 2.75) is 59.5 Å². The van der Waals surface area contributed by atoms with Crippen LogP contribution in [0.3, 0.4) is 0 Å². The van der Waals surface area contributed by atoms with E-state index in [9.17, 15) is 4.79 Å². The zero-order chi connectivity index (χ0) is 20.9. The monoisotopic (exact) mass is 386 g/mol. The first-order chi connectivity index (χ1) is 13.3. The second-order valence-electron chi connectivity index (χ2n) is 7.00. The fourth-order valence-electron chi connectivity index (χ4n) is 2.69. The summed E-state index contributed by atoms with van der Waals surface area (Å²) in [6.45, 7) is 12.4. The van der Waals surface area contributed by atoms with E-state index in [0.717, 1.165) is 48.3 Å². The first-order valence-electron chi connectivity index (χ1n) is 9.81. The van der Waals surface area contributed by atoms with E-state index in [0.29, 0.717) is 6.61 Å². The Morgan fingerprint density at radius 1 is 1.07 bits per heavy atom. The molecule has 0 aromatic heterocycles. The number of carbonyl (C=O) groups is 1. The van der Waals surface area contributed by atoms with Crippen molar-refractivity contribution >= 4 is 5.97 Å². The Morgan fingerprint density at radius 2 is 1.71 bits per heavy atom. The van der Waals surface area contributed by atoms with Gasteiger partial charge in [-0.3, -0.25) is 0 Å². The van der Waals surface area contributed by atoms with Crippen molar-refractivity contribution in [3.63, 3.8) is 0 Å². The molecule has 0 fully saturated rings. The van der Waals surface area contributed by atoms with Gasteiger partial charge in [-0.15, -0.1) is 0 Å². The molecule has 0 aliphatic rings. The number of esters is 1. The van der Waals surface area contributed by atoms with E-state index >= 15 is 0 Å². The molecule has 154 valence electrons. The minimum Gasteiger partial charge on any atom is -0.497 e. The van der Waals surface area contributed by atoms with E-state index in [1.807, 2.05) is 45.0 Å². The van der Waals surface area contributed by atoms with Crippen LogP contribution in [0.25, 0.3) is 0 Å². The Morgan fingerprint density at radius 3 is 2.29 bits per heavy atom. The standard InChI is InChI=1S/C24H34O4/c1-7-27-24(25)17-20(5)10-8-9-19(4)11-16-23(18(2)3)28-22-14-12-21(26-6)13-15-22/h9,12-15,17,23H,2,7-8,10-11,16H2,1,3-6H3/b19-9+,20-17+. The largest absolute Gasteiger partial charge is 0.497 e. The average Bonchev–Trinajstić information content (AvgIpc) is 2.65. The summed E-state index contributed by atoms with van der Waals surface area (Å²) < 4.78 is 16.2. The van der Waals surface area contributed by atoms with E-state index in [4.69, 9.17) is 14.2 Å². The third-order valence-electron chi connectivity index (χ3n) is 4.37. The Balaban J connectivity index is 2.49. The summed E-state index contributed by atoms with van der Waals surface area (Å²) in [5, 5.41) is 0. The normalized spacial score (nSPS) is 13.0. The molecule has 0 aliphatic heterocycles. The zero-order valence-electron chi connectivity index (χ0n) is 17.9. The predicted molar refractivity (Wildman–Crippen MR) is 115 cm³/mol. The SMILES string of the molecule is C=C(C)C(CC/C(C)=C/CC/C(C)=C/C(=O)OCC)Oc1ccc(OC)cc1. The van der Waals surface area contributed by atoms with Gasteiger partial charge < -0.3 is 14.2 Å². The highest BCUT2D eigenvalue weighted by Crippen LogP contribution is 2.22. The minimum atomic E-state index is -0.263. The first-order valence-corrected chi connectivity index (χ1v) is 9.81. The quantitative estimate of drug-likeness (QED) is 0.250. The van der Waals surface area contributed by atoms with Crippen LogP contribution < -0.4 is 9.47 Å². The summed E-state index contributed by atoms with van der Waals surface area (Å²) in [6, 6.07) is 7.61. The van der Waals surface area contributed by atoms with Crippen LogP contribution in [0, 0.1) is 0 Å². The molecule has 0 aliphatic carbocycles. The highest BCUT2D eigenvalue weighted by Gasteiger charge is 2.12. The number of carbonyl (C=O) groups excluding carboxylic acids is 1. The van der Waals surface area contributed by atoms with E-state index in [1.54, 1.807) is 13.2 Å². The molecule has 1 aromatic carbocycles. The van der Waals surface area contributed by atoms with E-state index in [2.05, 4.69) is 19.6 Å². The molecule has 0 amide bonds. The molecule has 0 saturated carbocycles. The molecule has 0 N–H and O–H groups in total. The molecule has 28 heavy (non-hydrogen) atoms. The topological polar surface area (TPSA) is 44.8 Å². The van der Waals surface area contributed by atoms with Gasteiger partial charge in [0, 0.05) is 6.08 Å². The second-order valence-corrected chi connectivity index (χ2v) is 7.00. The molecule has 0 spiro atoms. The maximum Gasteiger partial charge on any atom is 0.330 e. The van der Waals surface area contributed by atoms with Crippen LogP contribution in [0.2, 0.25) is 0 Å². The van der Waals surface area contributed by atoms with Gasteiger partial charge in [0.05, 0.1) is 13.7 Å². The molecule has 0 radical (unpaired) electrons. The van der Waals surface area contributed by atoms with Crippen molar-refractivity contribution in [3.05, 3.63) is 59.7 Å². The van der Waals surface area contributed by atoms with Crippen LogP contribution in [0.15, 0.2) is 59.7 Å². The van der Waals surface area contributed by atoms with Gasteiger partial charge in [-0.2, -0.15) is 0 Å². The fraction of sp³-hybridized carbons (Fsp3) is 0.458. The number of hydrogen-bond donors (Lipinski definition) is 0. The van der Waals surface area contributed by atoms with Crippen LogP contribution in [0.5, 0.6) is 11.5 Å². The van der Waals surface area contributed by atoms with Crippen LogP contribution >= 0.6 is 0 Å². The van der Waals surface area contributed by atoms with Crippen molar-refractivity contribution in [1.29, 1.82) is 0 Å². The number of benzene rings is 1. The molecule has 0 saturated heterocycles. The van der Waals surface area contributed by atoms with Crippen LogP contribution in [0.4, 0.5) is 0 Å². The Kier molecular flexibility index (Phi) is 10.8. The van der Waals surface area contributed by atoms with E-state index in [-0.39, 0.29) is 12.1 Å². The van der Waals surface area contributed by atoms with Crippen LogP contribution in [-0.2, 0) is 9.53 Å². The van der Waals surface area contributed by atoms with E-state index < -0.39 is 0 Å². The number of rotatable bonds is 12. The van der Waals surface area contributed by atoms with Crippen molar-refractivity contribution in [3.8, 4) is 11.5 Å². The molecular weight excluding hydrogens is 352 g/mol. The maximum absolute atomic E-state index is 11.4. The van der Waals surface area contributed by atoms with Gasteiger partial charge in [0.15, 0.2) is 0 Å². The third-order valence-corrected chi connectivity index (χ3v) is 4.37. The van der Waals surface area contributed by atoms with Gasteiger partial charge >= 0.3 is 5.97 Å². The van der Waals surface area contributed by atoms with E-state index in [1.165, 1.54) is 5.57 Å². The van der Waals surface area contributed by atoms with Gasteiger partial charge in [-0.25, -0.2) is 4.79 Å². The highest BCUT2D eigenvalue weighted by molar-refractivity contribution is 5.82. The zero-order valence-corrected chi connectivity index (χ0v) is 17.9. The van der Waals surface area contributed by atoms with Crippen molar-refractivity contribution < 1.29 is 19.0 Å². The maximum atomic E-state index is 11.4. The Hall–Kier alpha value is -2.49. The van der Waals surface area contributed by atoms with Gasteiger partial charge in [0.2, 0.25) is 0 Å². The molecule has 1 rings (SSSR count). The predicted octanol–water partition coefficient (Wildman–Crippen LogP) is 6.03. The summed E-state index contributed by atoms with van der Waals surface area (Å²) in [4.78, 5) is 11.4. The lowest BCUT2D eigenvalue weighted by atomic mass is 10.0. The molecular formula is C24H34O4. The van der Waals surface area contributed by atoms with Crippen LogP contribution in [-0.4, -0.2) is 25.8 Å². The summed E-state index contributed by atoms with van der Waals surface area (Å²) in [5.41, 5.74) is 3.36. The number of methoxy groups -OCH3 is 1. The van der Waals surface area contributed by atoms with Gasteiger partial charge in [-0.05, 0) is 83.2 Å². The summed E-state index contributed by atoms with van der Waals surface area (Å²) in [5.74, 6) is 1.36. The summed E-state index contributed by atoms with van der Waals surface area (Å²) in [7, 11) is 1.65. The number of hydrogen-bond acceptors (Lipinski definition) is 4. The fourth-order valence-corrected chi connectivity index (χ4v) is 2.69. The lowest BCUT2D eigenvalue weighted by Crippen LogP contribution is -2.17. The van der Waals surface area contributed by atoms with Gasteiger partial charge in [-0.1, -0.05) is 23.8 Å². The van der Waals surface area contributed by atoms with Crippen molar-refractivity contribution in [2.75, 3.05) is 13.7 Å². The Bertz CT molecular complexity index is 683. The smallest absolute Gasteiger partial charge is 0.330 e. The highest BCUT2D eigenvalue weighted by atomic mass is 16.5. The minimum absolute atomic E-state index is 0.0257. The summed E-state index contributed by atoms with van der Waals surface area (Å²) in [6.07, 6.45) is 7.35. The molecule has 1 atom stereocenters. The molecule has 0 bridgehead atoms. The molecule has 0 heterocycles. The number of ether oxygens (including phenoxy) is 3. The third kappa shape index (κ3) is 9.45. The first kappa shape index (κ1) is 23.5.